The molecule has 8 heteroatoms. The van der Waals surface area contributed by atoms with Crippen LogP contribution in [0.1, 0.15) is 21.5 Å². The number of nitrogens with zero attached hydrogens (tertiary/aromatic N) is 3. The number of hydrazone groups is 1. The number of carbonyl (C=O) groups excluding carboxylic acids is 1. The lowest BCUT2D eigenvalue weighted by atomic mass is 10.2. The summed E-state index contributed by atoms with van der Waals surface area (Å²) in [6.45, 7) is 2.02. The molecule has 4 rings (SSSR count). The van der Waals surface area contributed by atoms with Crippen LogP contribution in [0.15, 0.2) is 59.7 Å². The van der Waals surface area contributed by atoms with E-state index in [0.717, 1.165) is 32.7 Å². The molecule has 0 N–H and O–H groups in total. The lowest BCUT2D eigenvalue weighted by molar-refractivity contribution is 0.0988. The second kappa shape index (κ2) is 8.01. The predicted molar refractivity (Wildman–Crippen MR) is 120 cm³/mol. The zero-order chi connectivity index (χ0) is 19.7. The zero-order valence-corrected chi connectivity index (χ0v) is 17.7. The summed E-state index contributed by atoms with van der Waals surface area (Å²) in [6, 6.07) is 17.1. The van der Waals surface area contributed by atoms with Crippen molar-refractivity contribution in [2.24, 2.45) is 5.10 Å². The van der Waals surface area contributed by atoms with Gasteiger partial charge in [-0.3, -0.25) is 4.79 Å². The Labute approximate surface area is 179 Å². The third kappa shape index (κ3) is 3.95. The Bertz CT molecular complexity index is 1180. The maximum absolute atomic E-state index is 13.2. The molecule has 0 aliphatic rings. The third-order valence-electron chi connectivity index (χ3n) is 3.92. The largest absolute Gasteiger partial charge is 0.283 e. The number of aryl methyl sites for hydroxylation is 1. The number of hydrogen-bond donors (Lipinski definition) is 0. The molecule has 140 valence electrons. The molecule has 0 fully saturated rings. The van der Waals surface area contributed by atoms with E-state index in [9.17, 15) is 4.79 Å². The van der Waals surface area contributed by atoms with Crippen LogP contribution in [0.25, 0.3) is 10.2 Å². The molecule has 0 saturated heterocycles. The fourth-order valence-electron chi connectivity index (χ4n) is 2.56. The number of amides is 1. The fraction of sp³-hybridized carbons (Fsp3) is 0.0500. The average Bonchev–Trinajstić information content (AvgIpc) is 3.24. The standard InChI is InChI=1S/C20H13Cl2N3OS2/c1-12-7-8-15-16(9-12)27-20(24-15)25(23-11-13-5-3-2-4-6-13)19(26)14-10-17(21)28-18(14)22/h2-11H,1H3/b23-11+. The first-order chi connectivity index (χ1) is 13.5. The van der Waals surface area contributed by atoms with E-state index in [0.29, 0.717) is 19.4 Å². The molecule has 0 unspecified atom stereocenters. The average molecular weight is 446 g/mol. The predicted octanol–water partition coefficient (Wildman–Crippen LogP) is 6.65. The molecule has 2 aromatic heterocycles. The fourth-order valence-corrected chi connectivity index (χ4v) is 5.03. The number of rotatable bonds is 4. The van der Waals surface area contributed by atoms with Gasteiger partial charge < -0.3 is 0 Å². The van der Waals surface area contributed by atoms with Crippen LogP contribution in [0.4, 0.5) is 5.13 Å². The van der Waals surface area contributed by atoms with Gasteiger partial charge in [0.2, 0.25) is 5.13 Å². The van der Waals surface area contributed by atoms with Gasteiger partial charge in [0.15, 0.2) is 0 Å². The van der Waals surface area contributed by atoms with Gasteiger partial charge >= 0.3 is 0 Å². The van der Waals surface area contributed by atoms with Crippen LogP contribution in [0.3, 0.4) is 0 Å². The van der Waals surface area contributed by atoms with E-state index < -0.39 is 0 Å². The van der Waals surface area contributed by atoms with Crippen LogP contribution >= 0.6 is 45.9 Å². The van der Waals surface area contributed by atoms with Gasteiger partial charge in [-0.25, -0.2) is 4.98 Å². The van der Waals surface area contributed by atoms with Crippen LogP contribution in [-0.2, 0) is 0 Å². The summed E-state index contributed by atoms with van der Waals surface area (Å²) < 4.78 is 1.75. The van der Waals surface area contributed by atoms with Gasteiger partial charge in [-0.05, 0) is 36.2 Å². The third-order valence-corrected chi connectivity index (χ3v) is 6.40. The smallest absolute Gasteiger partial charge is 0.267 e. The number of thiophene rings is 1. The highest BCUT2D eigenvalue weighted by molar-refractivity contribution is 7.22. The van der Waals surface area contributed by atoms with Crippen LogP contribution < -0.4 is 5.01 Å². The number of fused-ring (bicyclic) bond motifs is 1. The molecule has 0 bridgehead atoms. The summed E-state index contributed by atoms with van der Waals surface area (Å²) in [5.74, 6) is -0.379. The molecule has 2 heterocycles. The molecule has 1 amide bonds. The lowest BCUT2D eigenvalue weighted by Gasteiger charge is -2.13. The van der Waals surface area contributed by atoms with Crippen molar-refractivity contribution in [3.8, 4) is 0 Å². The van der Waals surface area contributed by atoms with Gasteiger partial charge in [0.1, 0.15) is 4.34 Å². The van der Waals surface area contributed by atoms with E-state index in [4.69, 9.17) is 23.2 Å². The number of benzene rings is 2. The molecule has 2 aromatic carbocycles. The molecule has 0 aliphatic carbocycles. The zero-order valence-electron chi connectivity index (χ0n) is 14.6. The van der Waals surface area contributed by atoms with Crippen LogP contribution in [0.5, 0.6) is 0 Å². The van der Waals surface area contributed by atoms with Gasteiger partial charge in [-0.2, -0.15) is 10.1 Å². The van der Waals surface area contributed by atoms with Crippen molar-refractivity contribution >= 4 is 73.3 Å². The maximum Gasteiger partial charge on any atom is 0.283 e. The molecule has 0 aliphatic heterocycles. The number of anilines is 1. The number of thiazole rings is 1. The highest BCUT2D eigenvalue weighted by atomic mass is 35.5. The Hall–Kier alpha value is -2.25. The first kappa shape index (κ1) is 19.1. The van der Waals surface area contributed by atoms with Gasteiger partial charge in [0.05, 0.1) is 26.3 Å². The van der Waals surface area contributed by atoms with Gasteiger partial charge in [-0.1, -0.05) is 70.9 Å². The minimum Gasteiger partial charge on any atom is -0.267 e. The minimum absolute atomic E-state index is 0.303. The van der Waals surface area contributed by atoms with E-state index in [1.165, 1.54) is 16.3 Å². The first-order valence-electron chi connectivity index (χ1n) is 8.27. The molecule has 4 aromatic rings. The summed E-state index contributed by atoms with van der Waals surface area (Å²) in [7, 11) is 0. The Morgan fingerprint density at radius 3 is 2.61 bits per heavy atom. The van der Waals surface area contributed by atoms with E-state index in [1.807, 2.05) is 55.5 Å². The number of aromatic nitrogens is 1. The van der Waals surface area contributed by atoms with Crippen molar-refractivity contribution in [3.63, 3.8) is 0 Å². The van der Waals surface area contributed by atoms with Crippen molar-refractivity contribution in [2.45, 2.75) is 6.92 Å². The van der Waals surface area contributed by atoms with Crippen molar-refractivity contribution < 1.29 is 4.79 Å². The molecular weight excluding hydrogens is 433 g/mol. The van der Waals surface area contributed by atoms with Crippen molar-refractivity contribution in [3.05, 3.63) is 80.0 Å². The number of halogens is 2. The van der Waals surface area contributed by atoms with Gasteiger partial charge in [0.25, 0.3) is 5.91 Å². The maximum atomic E-state index is 13.2. The lowest BCUT2D eigenvalue weighted by Crippen LogP contribution is -2.25. The van der Waals surface area contributed by atoms with E-state index in [2.05, 4.69) is 10.1 Å². The summed E-state index contributed by atoms with van der Waals surface area (Å²) in [6.07, 6.45) is 1.62. The Kier molecular flexibility index (Phi) is 5.46. The SMILES string of the molecule is Cc1ccc2nc(N(/N=C/c3ccccc3)C(=O)c3cc(Cl)sc3Cl)sc2c1. The molecular formula is C20H13Cl2N3OS2. The van der Waals surface area contributed by atoms with Gasteiger partial charge in [0, 0.05) is 0 Å². The quantitative estimate of drug-likeness (QED) is 0.260. The summed E-state index contributed by atoms with van der Waals surface area (Å²) >= 11 is 14.8. The second-order valence-corrected chi connectivity index (χ2v) is 9.27. The Morgan fingerprint density at radius 2 is 1.89 bits per heavy atom. The van der Waals surface area contributed by atoms with Crippen LogP contribution in [0.2, 0.25) is 8.67 Å². The molecule has 28 heavy (non-hydrogen) atoms. The van der Waals surface area contributed by atoms with Gasteiger partial charge in [-0.15, -0.1) is 11.3 Å². The number of hydrogen-bond acceptors (Lipinski definition) is 5. The molecule has 0 spiro atoms. The Morgan fingerprint density at radius 1 is 1.11 bits per heavy atom. The summed E-state index contributed by atoms with van der Waals surface area (Å²) in [5, 5.41) is 6.16. The topological polar surface area (TPSA) is 45.6 Å². The molecule has 0 radical (unpaired) electrons. The van der Waals surface area contributed by atoms with E-state index in [1.54, 1.807) is 12.3 Å². The van der Waals surface area contributed by atoms with E-state index >= 15 is 0 Å². The Balaban J connectivity index is 1.78. The molecule has 0 saturated carbocycles. The summed E-state index contributed by atoms with van der Waals surface area (Å²) in [4.78, 5) is 17.8. The monoisotopic (exact) mass is 445 g/mol. The second-order valence-electron chi connectivity index (χ2n) is 5.98. The van der Waals surface area contributed by atoms with Crippen LogP contribution in [0, 0.1) is 6.92 Å². The van der Waals surface area contributed by atoms with E-state index in [-0.39, 0.29) is 5.91 Å². The molecule has 0 atom stereocenters. The highest BCUT2D eigenvalue weighted by Gasteiger charge is 2.24. The van der Waals surface area contributed by atoms with Crippen molar-refractivity contribution in [1.82, 2.24) is 4.98 Å². The van der Waals surface area contributed by atoms with Crippen molar-refractivity contribution in [1.29, 1.82) is 0 Å². The number of carbonyl (C=O) groups is 1. The minimum atomic E-state index is -0.379. The summed E-state index contributed by atoms with van der Waals surface area (Å²) in [5.41, 5.74) is 3.11. The first-order valence-corrected chi connectivity index (χ1v) is 10.7. The molecule has 4 nitrogen and oxygen atoms in total. The van der Waals surface area contributed by atoms with Crippen molar-refractivity contribution in [2.75, 3.05) is 5.01 Å². The van der Waals surface area contributed by atoms with Crippen LogP contribution in [-0.4, -0.2) is 17.1 Å². The normalized spacial score (nSPS) is 11.4. The highest BCUT2D eigenvalue weighted by Crippen LogP contribution is 2.35.